The molecule has 0 saturated heterocycles. The summed E-state index contributed by atoms with van der Waals surface area (Å²) in [5, 5.41) is 7.62. The number of anilines is 2. The van der Waals surface area contributed by atoms with Crippen molar-refractivity contribution in [3.63, 3.8) is 0 Å². The Labute approximate surface area is 203 Å². The third-order valence-corrected chi connectivity index (χ3v) is 6.49. The predicted molar refractivity (Wildman–Crippen MR) is 141 cm³/mol. The predicted octanol–water partition coefficient (Wildman–Crippen LogP) is 6.91. The third-order valence-electron chi connectivity index (χ3n) is 5.27. The summed E-state index contributed by atoms with van der Waals surface area (Å²) >= 11 is 7.11. The number of thiocarbonyl (C=S) groups is 1. The van der Waals surface area contributed by atoms with Crippen LogP contribution in [0, 0.1) is 6.92 Å². The van der Waals surface area contributed by atoms with E-state index in [4.69, 9.17) is 17.0 Å². The Hall–Kier alpha value is -3.48. The zero-order valence-electron chi connectivity index (χ0n) is 18.4. The van der Waals surface area contributed by atoms with Crippen molar-refractivity contribution in [1.29, 1.82) is 0 Å². The Morgan fingerprint density at radius 2 is 1.55 bits per heavy atom. The van der Waals surface area contributed by atoms with Gasteiger partial charge in [-0.2, -0.15) is 0 Å². The van der Waals surface area contributed by atoms with E-state index >= 15 is 0 Å². The number of thiophene rings is 1. The van der Waals surface area contributed by atoms with Gasteiger partial charge in [-0.15, -0.1) is 11.3 Å². The van der Waals surface area contributed by atoms with Crippen molar-refractivity contribution in [2.45, 2.75) is 13.3 Å². The first-order valence-electron chi connectivity index (χ1n) is 10.5. The van der Waals surface area contributed by atoms with Crippen LogP contribution in [-0.4, -0.2) is 18.2 Å². The molecule has 4 aromatic rings. The Kier molecular flexibility index (Phi) is 7.17. The van der Waals surface area contributed by atoms with E-state index < -0.39 is 5.97 Å². The van der Waals surface area contributed by atoms with E-state index in [1.54, 1.807) is 0 Å². The van der Waals surface area contributed by atoms with Crippen LogP contribution >= 0.6 is 23.6 Å². The maximum atomic E-state index is 12.7. The summed E-state index contributed by atoms with van der Waals surface area (Å²) in [5.74, 6) is -0.395. The minimum Gasteiger partial charge on any atom is -0.465 e. The fraction of sp³-hybridized carbons (Fsp3) is 0.111. The minimum atomic E-state index is -0.395. The average Bonchev–Trinajstić information content (AvgIpc) is 3.16. The highest BCUT2D eigenvalue weighted by Crippen LogP contribution is 2.40. The summed E-state index contributed by atoms with van der Waals surface area (Å²) in [6, 6.07) is 28.2. The van der Waals surface area contributed by atoms with Crippen molar-refractivity contribution in [3.8, 4) is 11.1 Å². The molecule has 6 heteroatoms. The molecule has 0 amide bonds. The molecule has 0 unspecified atom stereocenters. The number of rotatable bonds is 6. The van der Waals surface area contributed by atoms with Crippen LogP contribution in [0.5, 0.6) is 0 Å². The second kappa shape index (κ2) is 10.4. The second-order valence-electron chi connectivity index (χ2n) is 7.49. The van der Waals surface area contributed by atoms with Gasteiger partial charge in [0.1, 0.15) is 10.6 Å². The highest BCUT2D eigenvalue weighted by atomic mass is 32.1. The topological polar surface area (TPSA) is 50.4 Å². The Morgan fingerprint density at radius 3 is 2.24 bits per heavy atom. The fourth-order valence-electron chi connectivity index (χ4n) is 3.75. The van der Waals surface area contributed by atoms with Crippen LogP contribution in [0.15, 0.2) is 84.9 Å². The van der Waals surface area contributed by atoms with Gasteiger partial charge in [0.25, 0.3) is 0 Å². The number of ether oxygens (including phenoxy) is 1. The van der Waals surface area contributed by atoms with Gasteiger partial charge >= 0.3 is 5.97 Å². The Balaban J connectivity index is 1.60. The summed E-state index contributed by atoms with van der Waals surface area (Å²) in [4.78, 5) is 13.7. The Bertz CT molecular complexity index is 1270. The number of carbonyl (C=O) groups is 1. The molecule has 0 aliphatic heterocycles. The molecule has 0 aliphatic rings. The van der Waals surface area contributed by atoms with Crippen molar-refractivity contribution >= 4 is 45.3 Å². The smallest absolute Gasteiger partial charge is 0.341 e. The lowest BCUT2D eigenvalue weighted by Gasteiger charge is -2.14. The lowest BCUT2D eigenvalue weighted by atomic mass is 10.0. The standard InChI is InChI=1S/C27H24N2O2S2/c1-18-23(20-13-7-4-8-14-20)24(26(30)31-2)25(33-18)29-27(32)28-22-16-10-9-15-21(22)17-19-11-5-3-6-12-19/h3-16H,17H2,1-2H3,(H2,28,29,32). The third kappa shape index (κ3) is 5.30. The van der Waals surface area contributed by atoms with Gasteiger partial charge in [-0.25, -0.2) is 4.79 Å². The maximum Gasteiger partial charge on any atom is 0.341 e. The lowest BCUT2D eigenvalue weighted by molar-refractivity contribution is 0.0603. The first-order chi connectivity index (χ1) is 16.1. The SMILES string of the molecule is COC(=O)c1c(NC(=S)Nc2ccccc2Cc2ccccc2)sc(C)c1-c1ccccc1. The van der Waals surface area contributed by atoms with Crippen molar-refractivity contribution in [2.24, 2.45) is 0 Å². The number of aryl methyl sites for hydroxylation is 1. The molecular formula is C27H24N2O2S2. The number of carbonyl (C=O) groups excluding carboxylic acids is 1. The molecule has 0 spiro atoms. The van der Waals surface area contributed by atoms with Gasteiger partial charge in [0.15, 0.2) is 5.11 Å². The average molecular weight is 473 g/mol. The summed E-state index contributed by atoms with van der Waals surface area (Å²) in [6.45, 7) is 2.00. The van der Waals surface area contributed by atoms with E-state index in [1.165, 1.54) is 24.0 Å². The van der Waals surface area contributed by atoms with E-state index in [-0.39, 0.29) is 0 Å². The number of nitrogens with one attached hydrogen (secondary N) is 2. The molecule has 2 N–H and O–H groups in total. The summed E-state index contributed by atoms with van der Waals surface area (Å²) in [6.07, 6.45) is 0.788. The molecule has 0 fully saturated rings. The van der Waals surface area contributed by atoms with Crippen LogP contribution in [0.4, 0.5) is 10.7 Å². The first-order valence-corrected chi connectivity index (χ1v) is 11.8. The van der Waals surface area contributed by atoms with Crippen molar-refractivity contribution < 1.29 is 9.53 Å². The molecule has 166 valence electrons. The van der Waals surface area contributed by atoms with Gasteiger partial charge in [-0.1, -0.05) is 78.9 Å². The van der Waals surface area contributed by atoms with E-state index in [2.05, 4.69) is 28.8 Å². The number of benzene rings is 3. The molecule has 0 atom stereocenters. The molecule has 0 saturated carbocycles. The zero-order valence-corrected chi connectivity index (χ0v) is 20.1. The fourth-order valence-corrected chi connectivity index (χ4v) is 5.10. The van der Waals surface area contributed by atoms with Crippen LogP contribution in [0.25, 0.3) is 11.1 Å². The van der Waals surface area contributed by atoms with Gasteiger partial charge < -0.3 is 15.4 Å². The highest BCUT2D eigenvalue weighted by Gasteiger charge is 2.24. The number of hydrogen-bond acceptors (Lipinski definition) is 4. The molecule has 0 bridgehead atoms. The summed E-state index contributed by atoms with van der Waals surface area (Å²) < 4.78 is 5.10. The minimum absolute atomic E-state index is 0.395. The first kappa shape index (κ1) is 22.7. The van der Waals surface area contributed by atoms with Crippen LogP contribution in [0.2, 0.25) is 0 Å². The molecule has 0 radical (unpaired) electrons. The summed E-state index contributed by atoms with van der Waals surface area (Å²) in [5.41, 5.74) is 5.60. The zero-order chi connectivity index (χ0) is 23.2. The molecule has 33 heavy (non-hydrogen) atoms. The molecule has 0 aliphatic carbocycles. The normalized spacial score (nSPS) is 10.5. The number of para-hydroxylation sites is 1. The highest BCUT2D eigenvalue weighted by molar-refractivity contribution is 7.80. The quantitative estimate of drug-likeness (QED) is 0.236. The van der Waals surface area contributed by atoms with Crippen molar-refractivity contribution in [1.82, 2.24) is 0 Å². The second-order valence-corrected chi connectivity index (χ2v) is 9.13. The summed E-state index contributed by atoms with van der Waals surface area (Å²) in [7, 11) is 1.39. The van der Waals surface area contributed by atoms with Gasteiger partial charge in [-0.3, -0.25) is 0 Å². The molecule has 1 aromatic heterocycles. The van der Waals surface area contributed by atoms with Crippen molar-refractivity contribution in [3.05, 3.63) is 106 Å². The van der Waals surface area contributed by atoms with Crippen LogP contribution in [-0.2, 0) is 11.2 Å². The van der Waals surface area contributed by atoms with Crippen molar-refractivity contribution in [2.75, 3.05) is 17.7 Å². The van der Waals surface area contributed by atoms with Gasteiger partial charge in [0, 0.05) is 16.1 Å². The molecular weight excluding hydrogens is 448 g/mol. The van der Waals surface area contributed by atoms with Gasteiger partial charge in [0.05, 0.1) is 7.11 Å². The van der Waals surface area contributed by atoms with Crippen LogP contribution < -0.4 is 10.6 Å². The van der Waals surface area contributed by atoms with Gasteiger partial charge in [0.2, 0.25) is 0 Å². The van der Waals surface area contributed by atoms with Gasteiger partial charge in [-0.05, 0) is 48.3 Å². The molecule has 4 rings (SSSR count). The van der Waals surface area contributed by atoms with E-state index in [1.807, 2.05) is 73.7 Å². The van der Waals surface area contributed by atoms with Crippen LogP contribution in [0.3, 0.4) is 0 Å². The molecule has 1 heterocycles. The number of methoxy groups -OCH3 is 1. The van der Waals surface area contributed by atoms with Crippen LogP contribution in [0.1, 0.15) is 26.4 Å². The lowest BCUT2D eigenvalue weighted by Crippen LogP contribution is -2.21. The number of hydrogen-bond donors (Lipinski definition) is 2. The Morgan fingerprint density at radius 1 is 0.909 bits per heavy atom. The largest absolute Gasteiger partial charge is 0.465 e. The van der Waals surface area contributed by atoms with E-state index in [9.17, 15) is 4.79 Å². The van der Waals surface area contributed by atoms with E-state index in [0.29, 0.717) is 15.7 Å². The monoisotopic (exact) mass is 472 g/mol. The molecule has 4 nitrogen and oxygen atoms in total. The molecule has 3 aromatic carbocycles. The maximum absolute atomic E-state index is 12.7. The number of esters is 1. The van der Waals surface area contributed by atoms with E-state index in [0.717, 1.165) is 33.7 Å².